The zero-order valence-electron chi connectivity index (χ0n) is 15.4. The lowest BCUT2D eigenvalue weighted by atomic mass is 10.1. The van der Waals surface area contributed by atoms with E-state index in [0.717, 1.165) is 22.6 Å². The van der Waals surface area contributed by atoms with Crippen molar-refractivity contribution in [2.75, 3.05) is 11.9 Å². The first-order valence-electron chi connectivity index (χ1n) is 8.66. The van der Waals surface area contributed by atoms with E-state index in [1.165, 1.54) is 11.8 Å². The van der Waals surface area contributed by atoms with E-state index in [-0.39, 0.29) is 12.1 Å². The molecule has 0 aliphatic carbocycles. The number of nitrogens with one attached hydrogen (secondary N) is 2. The molecular formula is C20H18F2N4O2S. The third-order valence-electron chi connectivity index (χ3n) is 3.97. The van der Waals surface area contributed by atoms with Crippen LogP contribution in [-0.4, -0.2) is 27.7 Å². The number of aryl methyl sites for hydroxylation is 1. The van der Waals surface area contributed by atoms with E-state index in [9.17, 15) is 18.7 Å². The van der Waals surface area contributed by atoms with Crippen molar-refractivity contribution >= 4 is 23.5 Å². The van der Waals surface area contributed by atoms with Gasteiger partial charge in [-0.05, 0) is 54.6 Å². The summed E-state index contributed by atoms with van der Waals surface area (Å²) in [6.45, 7) is 1.61. The highest BCUT2D eigenvalue weighted by atomic mass is 32.2. The van der Waals surface area contributed by atoms with E-state index in [1.54, 1.807) is 24.5 Å². The molecule has 0 aliphatic rings. The molecule has 0 fully saturated rings. The first-order chi connectivity index (χ1) is 13.9. The quantitative estimate of drug-likeness (QED) is 0.528. The number of amides is 2. The molecule has 1 heterocycles. The van der Waals surface area contributed by atoms with Crippen molar-refractivity contribution in [1.82, 2.24) is 15.3 Å². The van der Waals surface area contributed by atoms with Crippen LogP contribution in [-0.2, 0) is 0 Å². The number of aliphatic hydroxyl groups is 1. The Hall–Kier alpha value is -3.04. The van der Waals surface area contributed by atoms with Gasteiger partial charge in [-0.2, -0.15) is 0 Å². The Balaban J connectivity index is 1.56. The third-order valence-corrected chi connectivity index (χ3v) is 4.86. The van der Waals surface area contributed by atoms with Gasteiger partial charge in [0.1, 0.15) is 11.6 Å². The Labute approximate surface area is 170 Å². The topological polar surface area (TPSA) is 87.1 Å². The van der Waals surface area contributed by atoms with Crippen molar-refractivity contribution < 1.29 is 18.7 Å². The predicted octanol–water partition coefficient (Wildman–Crippen LogP) is 4.07. The normalized spacial score (nSPS) is 11.7. The highest BCUT2D eigenvalue weighted by Crippen LogP contribution is 2.27. The molecule has 0 spiro atoms. The molecule has 3 rings (SSSR count). The smallest absolute Gasteiger partial charge is 0.319 e. The lowest BCUT2D eigenvalue weighted by molar-refractivity contribution is 0.170. The van der Waals surface area contributed by atoms with Crippen LogP contribution in [0.4, 0.5) is 19.3 Å². The first kappa shape index (κ1) is 20.7. The molecule has 0 saturated carbocycles. The van der Waals surface area contributed by atoms with E-state index < -0.39 is 23.8 Å². The van der Waals surface area contributed by atoms with Crippen LogP contribution in [0.1, 0.15) is 17.2 Å². The van der Waals surface area contributed by atoms with E-state index >= 15 is 0 Å². The number of benzene rings is 2. The van der Waals surface area contributed by atoms with Crippen LogP contribution in [0.15, 0.2) is 64.9 Å². The van der Waals surface area contributed by atoms with Crippen molar-refractivity contribution in [3.8, 4) is 0 Å². The zero-order chi connectivity index (χ0) is 20.8. The van der Waals surface area contributed by atoms with E-state index in [1.807, 2.05) is 19.1 Å². The van der Waals surface area contributed by atoms with Crippen LogP contribution in [0.2, 0.25) is 0 Å². The van der Waals surface area contributed by atoms with Gasteiger partial charge in [0.15, 0.2) is 5.16 Å². The van der Waals surface area contributed by atoms with Gasteiger partial charge in [-0.25, -0.2) is 23.5 Å². The third kappa shape index (κ3) is 5.72. The number of carbonyl (C=O) groups is 1. The average Bonchev–Trinajstić information content (AvgIpc) is 2.69. The van der Waals surface area contributed by atoms with Gasteiger partial charge in [-0.1, -0.05) is 6.07 Å². The summed E-state index contributed by atoms with van der Waals surface area (Å²) in [4.78, 5) is 21.3. The maximum atomic E-state index is 13.7. The minimum atomic E-state index is -1.30. The Morgan fingerprint density at radius 2 is 1.93 bits per heavy atom. The van der Waals surface area contributed by atoms with Crippen LogP contribution in [0.5, 0.6) is 0 Å². The number of carbonyl (C=O) groups excluding carboxylic acids is 1. The van der Waals surface area contributed by atoms with Gasteiger partial charge < -0.3 is 15.7 Å². The largest absolute Gasteiger partial charge is 0.386 e. The maximum absolute atomic E-state index is 13.7. The fraction of sp³-hybridized carbons (Fsp3) is 0.150. The van der Waals surface area contributed by atoms with E-state index in [2.05, 4.69) is 20.6 Å². The van der Waals surface area contributed by atoms with Gasteiger partial charge in [0, 0.05) is 41.2 Å². The van der Waals surface area contributed by atoms with Gasteiger partial charge in [0.05, 0.1) is 6.10 Å². The summed E-state index contributed by atoms with van der Waals surface area (Å²) in [6.07, 6.45) is 2.02. The lowest BCUT2D eigenvalue weighted by Gasteiger charge is -2.15. The Morgan fingerprint density at radius 3 is 2.62 bits per heavy atom. The molecule has 1 atom stereocenters. The summed E-state index contributed by atoms with van der Waals surface area (Å²) in [5, 5.41) is 15.8. The predicted molar refractivity (Wildman–Crippen MR) is 106 cm³/mol. The molecule has 29 heavy (non-hydrogen) atoms. The van der Waals surface area contributed by atoms with Crippen molar-refractivity contribution in [3.63, 3.8) is 0 Å². The minimum Gasteiger partial charge on any atom is -0.386 e. The fourth-order valence-corrected chi connectivity index (χ4v) is 3.33. The molecule has 0 bridgehead atoms. The fourth-order valence-electron chi connectivity index (χ4n) is 2.52. The molecule has 0 radical (unpaired) electrons. The van der Waals surface area contributed by atoms with Crippen molar-refractivity contribution in [2.24, 2.45) is 0 Å². The minimum absolute atomic E-state index is 0.0904. The molecule has 0 saturated heterocycles. The van der Waals surface area contributed by atoms with Gasteiger partial charge in [0.25, 0.3) is 0 Å². The van der Waals surface area contributed by atoms with E-state index in [0.29, 0.717) is 16.9 Å². The summed E-state index contributed by atoms with van der Waals surface area (Å²) in [7, 11) is 0. The molecule has 9 heteroatoms. The molecule has 6 nitrogen and oxygen atoms in total. The van der Waals surface area contributed by atoms with Crippen LogP contribution in [0.25, 0.3) is 0 Å². The molecule has 2 aromatic carbocycles. The number of rotatable bonds is 6. The van der Waals surface area contributed by atoms with Gasteiger partial charge in [-0.3, -0.25) is 0 Å². The number of urea groups is 1. The summed E-state index contributed by atoms with van der Waals surface area (Å²) in [5.41, 5.74) is 1.32. The molecule has 3 aromatic rings. The SMILES string of the molecule is Cc1cc(Sc2ncccn2)ccc1NC(=O)NCC(O)c1ccc(F)cc1F. The average molecular weight is 416 g/mol. The number of nitrogens with zero attached hydrogens (tertiary/aromatic N) is 2. The molecule has 150 valence electrons. The monoisotopic (exact) mass is 416 g/mol. The van der Waals surface area contributed by atoms with Crippen LogP contribution in [0.3, 0.4) is 0 Å². The summed E-state index contributed by atoms with van der Waals surface area (Å²) >= 11 is 1.40. The zero-order valence-corrected chi connectivity index (χ0v) is 16.2. The van der Waals surface area contributed by atoms with Crippen molar-refractivity contribution in [3.05, 3.63) is 77.6 Å². The summed E-state index contributed by atoms with van der Waals surface area (Å²) in [6, 6.07) is 9.52. The number of aliphatic hydroxyl groups excluding tert-OH is 1. The molecular weight excluding hydrogens is 398 g/mol. The molecule has 0 aliphatic heterocycles. The highest BCUT2D eigenvalue weighted by molar-refractivity contribution is 7.99. The number of hydrogen-bond acceptors (Lipinski definition) is 5. The maximum Gasteiger partial charge on any atom is 0.319 e. The van der Waals surface area contributed by atoms with Crippen LogP contribution >= 0.6 is 11.8 Å². The lowest BCUT2D eigenvalue weighted by Crippen LogP contribution is -2.32. The molecule has 1 unspecified atom stereocenters. The van der Waals surface area contributed by atoms with Crippen LogP contribution < -0.4 is 10.6 Å². The van der Waals surface area contributed by atoms with Crippen molar-refractivity contribution in [1.29, 1.82) is 0 Å². The number of hydrogen-bond donors (Lipinski definition) is 3. The number of aromatic nitrogens is 2. The Bertz CT molecular complexity index is 1010. The molecule has 2 amide bonds. The van der Waals surface area contributed by atoms with Gasteiger partial charge >= 0.3 is 6.03 Å². The Morgan fingerprint density at radius 1 is 1.17 bits per heavy atom. The van der Waals surface area contributed by atoms with Crippen LogP contribution in [0, 0.1) is 18.6 Å². The number of halogens is 2. The second-order valence-corrected chi connectivity index (χ2v) is 7.17. The molecule has 1 aromatic heterocycles. The molecule has 3 N–H and O–H groups in total. The number of anilines is 1. The summed E-state index contributed by atoms with van der Waals surface area (Å²) in [5.74, 6) is -1.61. The standard InChI is InChI=1S/C20H18F2N4O2S/c1-12-9-14(29-20-23-7-2-8-24-20)4-6-17(12)26-19(28)25-11-18(27)15-5-3-13(21)10-16(15)22/h2-10,18,27H,11H2,1H3,(H2,25,26,28). The second-order valence-electron chi connectivity index (χ2n) is 6.13. The first-order valence-corrected chi connectivity index (χ1v) is 9.47. The highest BCUT2D eigenvalue weighted by Gasteiger charge is 2.15. The van der Waals surface area contributed by atoms with Crippen molar-refractivity contribution in [2.45, 2.75) is 23.1 Å². The Kier molecular flexibility index (Phi) is 6.73. The van der Waals surface area contributed by atoms with E-state index in [4.69, 9.17) is 0 Å². The van der Waals surface area contributed by atoms with Gasteiger partial charge in [-0.15, -0.1) is 0 Å². The van der Waals surface area contributed by atoms with Gasteiger partial charge in [0.2, 0.25) is 0 Å². The second kappa shape index (κ2) is 9.44. The summed E-state index contributed by atoms with van der Waals surface area (Å²) < 4.78 is 26.6.